The molecule has 1 nitrogen and oxygen atoms in total. The van der Waals surface area contributed by atoms with Gasteiger partial charge in [-0.1, -0.05) is 6.07 Å². The summed E-state index contributed by atoms with van der Waals surface area (Å²) < 4.78 is 41.4. The Balaban J connectivity index is 3.24. The van der Waals surface area contributed by atoms with E-state index in [9.17, 15) is 13.2 Å². The molecule has 0 heterocycles. The van der Waals surface area contributed by atoms with Crippen molar-refractivity contribution in [2.24, 2.45) is 0 Å². The molecule has 0 aliphatic carbocycles. The van der Waals surface area contributed by atoms with Crippen LogP contribution in [0, 0.1) is 6.92 Å². The van der Waals surface area contributed by atoms with Gasteiger partial charge in [0, 0.05) is 0 Å². The molecule has 0 saturated carbocycles. The van der Waals surface area contributed by atoms with Gasteiger partial charge in [0.05, 0.1) is 12.7 Å². The molecule has 0 saturated heterocycles. The Morgan fingerprint density at radius 1 is 1.31 bits per heavy atom. The van der Waals surface area contributed by atoms with Gasteiger partial charge < -0.3 is 4.74 Å². The second-order valence-electron chi connectivity index (χ2n) is 2.46. The molecular formula is C9H7F3O. The lowest BCUT2D eigenvalue weighted by molar-refractivity contribution is -0.138. The summed E-state index contributed by atoms with van der Waals surface area (Å²) in [6.07, 6.45) is -4.43. The van der Waals surface area contributed by atoms with E-state index in [1.807, 2.05) is 0 Å². The maximum absolute atomic E-state index is 12.3. The Hall–Kier alpha value is -1.19. The van der Waals surface area contributed by atoms with Gasteiger partial charge in [-0.25, -0.2) is 0 Å². The second-order valence-corrected chi connectivity index (χ2v) is 2.46. The number of hydrogen-bond donors (Lipinski definition) is 0. The molecule has 0 aliphatic rings. The summed E-state index contributed by atoms with van der Waals surface area (Å²) in [6.45, 7) is 5.22. The van der Waals surface area contributed by atoms with Crippen LogP contribution in [-0.2, 0) is 6.18 Å². The van der Waals surface area contributed by atoms with E-state index in [1.165, 1.54) is 19.2 Å². The standard InChI is InChI=1S/C9H7F3O/c1-6-3-4-8(13-2)7(5-6)9(10,11)12/h1,3-5H,2H3. The first kappa shape index (κ1) is 9.89. The molecule has 13 heavy (non-hydrogen) atoms. The first-order valence-corrected chi connectivity index (χ1v) is 3.46. The van der Waals surface area contributed by atoms with Crippen LogP contribution in [0.2, 0.25) is 0 Å². The number of hydrogen-bond acceptors (Lipinski definition) is 1. The Bertz CT molecular complexity index is 304. The van der Waals surface area contributed by atoms with Gasteiger partial charge in [-0.15, -0.1) is 0 Å². The molecule has 0 bridgehead atoms. The van der Waals surface area contributed by atoms with Crippen molar-refractivity contribution in [1.82, 2.24) is 0 Å². The van der Waals surface area contributed by atoms with Gasteiger partial charge >= 0.3 is 6.18 Å². The normalized spacial score (nSPS) is 11.5. The maximum atomic E-state index is 12.3. The van der Waals surface area contributed by atoms with Crippen molar-refractivity contribution in [3.63, 3.8) is 0 Å². The minimum Gasteiger partial charge on any atom is -0.496 e. The summed E-state index contributed by atoms with van der Waals surface area (Å²) in [5, 5.41) is 0. The molecule has 0 amide bonds. The van der Waals surface area contributed by atoms with Crippen LogP contribution in [0.1, 0.15) is 11.1 Å². The van der Waals surface area contributed by atoms with Gasteiger partial charge in [-0.2, -0.15) is 13.2 Å². The van der Waals surface area contributed by atoms with Crippen molar-refractivity contribution in [2.75, 3.05) is 7.11 Å². The summed E-state index contributed by atoms with van der Waals surface area (Å²) in [5.74, 6) is -0.221. The number of rotatable bonds is 1. The summed E-state index contributed by atoms with van der Waals surface area (Å²) in [5.41, 5.74) is -0.789. The zero-order chi connectivity index (χ0) is 10.1. The van der Waals surface area contributed by atoms with E-state index >= 15 is 0 Å². The van der Waals surface area contributed by atoms with Crippen LogP contribution in [0.25, 0.3) is 0 Å². The van der Waals surface area contributed by atoms with E-state index in [0.29, 0.717) is 0 Å². The van der Waals surface area contributed by atoms with Gasteiger partial charge in [0.25, 0.3) is 0 Å². The minimum absolute atomic E-state index is 0.0631. The van der Waals surface area contributed by atoms with Crippen LogP contribution in [-0.4, -0.2) is 7.11 Å². The zero-order valence-electron chi connectivity index (χ0n) is 6.85. The van der Waals surface area contributed by atoms with Gasteiger partial charge in [0.2, 0.25) is 0 Å². The summed E-state index contributed by atoms with van der Waals surface area (Å²) in [4.78, 5) is 0. The van der Waals surface area contributed by atoms with E-state index in [-0.39, 0.29) is 11.3 Å². The average Bonchev–Trinajstić information content (AvgIpc) is 2.03. The molecule has 0 aromatic heterocycles. The topological polar surface area (TPSA) is 9.23 Å². The highest BCUT2D eigenvalue weighted by Crippen LogP contribution is 2.36. The van der Waals surface area contributed by atoms with Crippen molar-refractivity contribution in [1.29, 1.82) is 0 Å². The minimum atomic E-state index is -4.43. The molecule has 1 aromatic rings. The monoisotopic (exact) mass is 188 g/mol. The molecule has 0 aliphatic heterocycles. The highest BCUT2D eigenvalue weighted by atomic mass is 19.4. The predicted octanol–water partition coefficient (Wildman–Crippen LogP) is 2.77. The van der Waals surface area contributed by atoms with E-state index < -0.39 is 11.7 Å². The molecule has 1 rings (SSSR count). The largest absolute Gasteiger partial charge is 0.496 e. The van der Waals surface area contributed by atoms with Gasteiger partial charge in [0.15, 0.2) is 0 Å². The molecule has 70 valence electrons. The van der Waals surface area contributed by atoms with Crippen molar-refractivity contribution in [2.45, 2.75) is 6.18 Å². The van der Waals surface area contributed by atoms with E-state index in [1.54, 1.807) is 0 Å². The smallest absolute Gasteiger partial charge is 0.419 e. The molecule has 2 radical (unpaired) electrons. The third-order valence-corrected chi connectivity index (χ3v) is 1.53. The molecular weight excluding hydrogens is 181 g/mol. The van der Waals surface area contributed by atoms with Crippen LogP contribution in [0.15, 0.2) is 18.2 Å². The quantitative estimate of drug-likeness (QED) is 0.658. The van der Waals surface area contributed by atoms with Crippen molar-refractivity contribution in [3.8, 4) is 5.75 Å². The van der Waals surface area contributed by atoms with Crippen molar-refractivity contribution < 1.29 is 17.9 Å². The third kappa shape index (κ3) is 2.14. The molecule has 4 heteroatoms. The fourth-order valence-corrected chi connectivity index (χ4v) is 0.947. The number of methoxy groups -OCH3 is 1. The van der Waals surface area contributed by atoms with Crippen molar-refractivity contribution in [3.05, 3.63) is 36.2 Å². The maximum Gasteiger partial charge on any atom is 0.419 e. The van der Waals surface area contributed by atoms with Crippen LogP contribution < -0.4 is 4.74 Å². The van der Waals surface area contributed by atoms with E-state index in [2.05, 4.69) is 4.74 Å². The van der Waals surface area contributed by atoms with Gasteiger partial charge in [0.1, 0.15) is 5.75 Å². The van der Waals surface area contributed by atoms with Gasteiger partial charge in [-0.3, -0.25) is 0 Å². The van der Waals surface area contributed by atoms with Crippen LogP contribution >= 0.6 is 0 Å². The number of ether oxygens (including phenoxy) is 1. The first-order valence-electron chi connectivity index (χ1n) is 3.46. The van der Waals surface area contributed by atoms with Gasteiger partial charge in [-0.05, 0) is 24.6 Å². The molecule has 1 aromatic carbocycles. The lowest BCUT2D eigenvalue weighted by Gasteiger charge is -2.11. The Labute approximate surface area is 74.1 Å². The fourth-order valence-electron chi connectivity index (χ4n) is 0.947. The lowest BCUT2D eigenvalue weighted by atomic mass is 10.1. The predicted molar refractivity (Wildman–Crippen MR) is 41.4 cm³/mol. The molecule has 0 unspecified atom stereocenters. The highest BCUT2D eigenvalue weighted by Gasteiger charge is 2.34. The Kier molecular flexibility index (Phi) is 2.50. The molecule has 0 spiro atoms. The second kappa shape index (κ2) is 3.28. The third-order valence-electron chi connectivity index (χ3n) is 1.53. The lowest BCUT2D eigenvalue weighted by Crippen LogP contribution is -2.07. The Morgan fingerprint density at radius 3 is 2.38 bits per heavy atom. The average molecular weight is 188 g/mol. The summed E-state index contributed by atoms with van der Waals surface area (Å²) in [6, 6.07) is 3.39. The summed E-state index contributed by atoms with van der Waals surface area (Å²) in [7, 11) is 1.18. The molecule has 0 fully saturated rings. The van der Waals surface area contributed by atoms with Crippen LogP contribution in [0.5, 0.6) is 5.75 Å². The first-order chi connectivity index (χ1) is 5.95. The SMILES string of the molecule is [CH]c1ccc(OC)c(C(F)(F)F)c1. The molecule has 0 atom stereocenters. The number of halogens is 3. The Morgan fingerprint density at radius 2 is 1.92 bits per heavy atom. The van der Waals surface area contributed by atoms with Crippen molar-refractivity contribution >= 4 is 0 Å². The van der Waals surface area contributed by atoms with Crippen LogP contribution in [0.4, 0.5) is 13.2 Å². The highest BCUT2D eigenvalue weighted by molar-refractivity contribution is 5.40. The molecule has 0 N–H and O–H groups in total. The summed E-state index contributed by atoms with van der Waals surface area (Å²) >= 11 is 0. The number of alkyl halides is 3. The van der Waals surface area contributed by atoms with E-state index in [0.717, 1.165) is 6.07 Å². The van der Waals surface area contributed by atoms with E-state index in [4.69, 9.17) is 6.92 Å². The van der Waals surface area contributed by atoms with Crippen LogP contribution in [0.3, 0.4) is 0 Å². The number of benzene rings is 1. The fraction of sp³-hybridized carbons (Fsp3) is 0.222. The zero-order valence-corrected chi connectivity index (χ0v) is 6.85.